The van der Waals surface area contributed by atoms with E-state index in [1.807, 2.05) is 25.4 Å². The monoisotopic (exact) mass is 243 g/mol. The van der Waals surface area contributed by atoms with Crippen LogP contribution in [0.2, 0.25) is 0 Å². The lowest BCUT2D eigenvalue weighted by molar-refractivity contribution is 0.243. The molecule has 0 saturated heterocycles. The molecule has 1 aliphatic rings. The summed E-state index contributed by atoms with van der Waals surface area (Å²) >= 11 is 0. The van der Waals surface area contributed by atoms with Crippen LogP contribution >= 0.6 is 0 Å². The van der Waals surface area contributed by atoms with E-state index < -0.39 is 0 Å². The summed E-state index contributed by atoms with van der Waals surface area (Å²) in [5, 5.41) is 8.09. The van der Waals surface area contributed by atoms with E-state index in [4.69, 9.17) is 5.73 Å². The van der Waals surface area contributed by atoms with Crippen molar-refractivity contribution < 1.29 is 0 Å². The van der Waals surface area contributed by atoms with Crippen molar-refractivity contribution in [3.63, 3.8) is 0 Å². The SMILES string of the molecule is Cn1cc(CN2CCc3c(N)cccc3C2)nn1. The number of anilines is 1. The van der Waals surface area contributed by atoms with Crippen molar-refractivity contribution in [3.8, 4) is 0 Å². The number of fused-ring (bicyclic) bond motifs is 1. The molecular formula is C13H17N5. The fourth-order valence-electron chi connectivity index (χ4n) is 2.53. The van der Waals surface area contributed by atoms with Crippen molar-refractivity contribution in [1.29, 1.82) is 0 Å². The maximum Gasteiger partial charge on any atom is 0.0967 e. The Hall–Kier alpha value is -1.88. The molecule has 2 heterocycles. The summed E-state index contributed by atoms with van der Waals surface area (Å²) in [7, 11) is 1.89. The van der Waals surface area contributed by atoms with E-state index in [9.17, 15) is 0 Å². The minimum Gasteiger partial charge on any atom is -0.398 e. The van der Waals surface area contributed by atoms with Gasteiger partial charge >= 0.3 is 0 Å². The molecule has 0 aliphatic carbocycles. The molecule has 1 aromatic heterocycles. The first kappa shape index (κ1) is 11.2. The number of benzene rings is 1. The molecule has 3 rings (SSSR count). The molecule has 1 aliphatic heterocycles. The number of nitrogens with zero attached hydrogens (tertiary/aromatic N) is 4. The molecule has 94 valence electrons. The highest BCUT2D eigenvalue weighted by Gasteiger charge is 2.18. The zero-order chi connectivity index (χ0) is 12.5. The Bertz CT molecular complexity index is 560. The minimum absolute atomic E-state index is 0.849. The smallest absolute Gasteiger partial charge is 0.0967 e. The molecule has 2 aromatic rings. The van der Waals surface area contributed by atoms with Crippen LogP contribution in [0.3, 0.4) is 0 Å². The third-order valence-electron chi connectivity index (χ3n) is 3.42. The van der Waals surface area contributed by atoms with Gasteiger partial charge in [-0.15, -0.1) is 5.10 Å². The van der Waals surface area contributed by atoms with Crippen molar-refractivity contribution in [2.24, 2.45) is 7.05 Å². The van der Waals surface area contributed by atoms with Gasteiger partial charge in [0.15, 0.2) is 0 Å². The van der Waals surface area contributed by atoms with Crippen molar-refractivity contribution in [1.82, 2.24) is 19.9 Å². The highest BCUT2D eigenvalue weighted by molar-refractivity contribution is 5.51. The molecule has 0 radical (unpaired) electrons. The van der Waals surface area contributed by atoms with Crippen LogP contribution in [0.15, 0.2) is 24.4 Å². The highest BCUT2D eigenvalue weighted by atomic mass is 15.4. The van der Waals surface area contributed by atoms with Crippen LogP contribution in [0, 0.1) is 0 Å². The lowest BCUT2D eigenvalue weighted by Gasteiger charge is -2.28. The average molecular weight is 243 g/mol. The second-order valence-corrected chi connectivity index (χ2v) is 4.83. The van der Waals surface area contributed by atoms with Gasteiger partial charge in [-0.3, -0.25) is 9.58 Å². The summed E-state index contributed by atoms with van der Waals surface area (Å²) in [5.41, 5.74) is 10.6. The van der Waals surface area contributed by atoms with Gasteiger partial charge in [-0.2, -0.15) is 0 Å². The van der Waals surface area contributed by atoms with Crippen LogP contribution in [0.25, 0.3) is 0 Å². The molecule has 5 nitrogen and oxygen atoms in total. The molecular weight excluding hydrogens is 226 g/mol. The van der Waals surface area contributed by atoms with Gasteiger partial charge in [0.05, 0.1) is 5.69 Å². The standard InChI is InChI=1S/C13H17N5/c1-17-8-11(15-16-17)9-18-6-5-12-10(7-18)3-2-4-13(12)14/h2-4,8H,5-7,9,14H2,1H3. The number of nitrogen functional groups attached to an aromatic ring is 1. The van der Waals surface area contributed by atoms with Crippen molar-refractivity contribution in [3.05, 3.63) is 41.2 Å². The quantitative estimate of drug-likeness (QED) is 0.798. The number of nitrogens with two attached hydrogens (primary N) is 1. The lowest BCUT2D eigenvalue weighted by atomic mass is 9.98. The molecule has 0 atom stereocenters. The maximum absolute atomic E-state index is 6.00. The van der Waals surface area contributed by atoms with Crippen LogP contribution in [-0.2, 0) is 26.6 Å². The normalized spacial score (nSPS) is 15.6. The van der Waals surface area contributed by atoms with Crippen molar-refractivity contribution >= 4 is 5.69 Å². The van der Waals surface area contributed by atoms with Gasteiger partial charge in [0.1, 0.15) is 0 Å². The summed E-state index contributed by atoms with van der Waals surface area (Å²) < 4.78 is 1.74. The Morgan fingerprint density at radius 2 is 2.28 bits per heavy atom. The highest BCUT2D eigenvalue weighted by Crippen LogP contribution is 2.24. The van der Waals surface area contributed by atoms with Gasteiger partial charge in [0.2, 0.25) is 0 Å². The molecule has 1 aromatic carbocycles. The van der Waals surface area contributed by atoms with Gasteiger partial charge in [-0.05, 0) is 23.6 Å². The van der Waals surface area contributed by atoms with Crippen LogP contribution in [0.5, 0.6) is 0 Å². The van der Waals surface area contributed by atoms with E-state index in [0.717, 1.165) is 37.4 Å². The maximum atomic E-state index is 6.00. The Balaban J connectivity index is 1.75. The Morgan fingerprint density at radius 1 is 1.39 bits per heavy atom. The van der Waals surface area contributed by atoms with Crippen LogP contribution in [-0.4, -0.2) is 26.4 Å². The molecule has 0 fully saturated rings. The second kappa shape index (κ2) is 4.42. The van der Waals surface area contributed by atoms with E-state index in [1.165, 1.54) is 11.1 Å². The third kappa shape index (κ3) is 2.09. The molecule has 0 spiro atoms. The molecule has 2 N–H and O–H groups in total. The summed E-state index contributed by atoms with van der Waals surface area (Å²) in [6, 6.07) is 6.17. The number of rotatable bonds is 2. The first-order valence-corrected chi connectivity index (χ1v) is 6.16. The largest absolute Gasteiger partial charge is 0.398 e. The average Bonchev–Trinajstić information content (AvgIpc) is 2.75. The van der Waals surface area contributed by atoms with Crippen LogP contribution in [0.1, 0.15) is 16.8 Å². The number of hydrogen-bond donors (Lipinski definition) is 1. The number of hydrogen-bond acceptors (Lipinski definition) is 4. The molecule has 0 bridgehead atoms. The van der Waals surface area contributed by atoms with Crippen molar-refractivity contribution in [2.75, 3.05) is 12.3 Å². The van der Waals surface area contributed by atoms with E-state index in [2.05, 4.69) is 21.3 Å². The first-order chi connectivity index (χ1) is 8.72. The summed E-state index contributed by atoms with van der Waals surface area (Å²) in [6.07, 6.45) is 2.98. The van der Waals surface area contributed by atoms with E-state index in [-0.39, 0.29) is 0 Å². The molecule has 0 saturated carbocycles. The predicted octanol–water partition coefficient (Wildman–Crippen LogP) is 0.956. The Kier molecular flexibility index (Phi) is 2.76. The lowest BCUT2D eigenvalue weighted by Crippen LogP contribution is -2.30. The van der Waals surface area contributed by atoms with Gasteiger partial charge in [-0.25, -0.2) is 0 Å². The Morgan fingerprint density at radius 3 is 3.06 bits per heavy atom. The van der Waals surface area contributed by atoms with Crippen LogP contribution < -0.4 is 5.73 Å². The Labute approximate surface area is 106 Å². The summed E-state index contributed by atoms with van der Waals surface area (Å²) in [5.74, 6) is 0. The topological polar surface area (TPSA) is 60.0 Å². The van der Waals surface area contributed by atoms with E-state index in [0.29, 0.717) is 0 Å². The summed E-state index contributed by atoms with van der Waals surface area (Å²) in [4.78, 5) is 2.38. The zero-order valence-corrected chi connectivity index (χ0v) is 10.5. The van der Waals surface area contributed by atoms with Gasteiger partial charge in [0.25, 0.3) is 0 Å². The van der Waals surface area contributed by atoms with Crippen molar-refractivity contribution in [2.45, 2.75) is 19.5 Å². The second-order valence-electron chi connectivity index (χ2n) is 4.83. The fourth-order valence-corrected chi connectivity index (χ4v) is 2.53. The van der Waals surface area contributed by atoms with Gasteiger partial charge in [-0.1, -0.05) is 17.3 Å². The molecule has 0 amide bonds. The number of aryl methyl sites for hydroxylation is 1. The minimum atomic E-state index is 0.849. The first-order valence-electron chi connectivity index (χ1n) is 6.16. The van der Waals surface area contributed by atoms with E-state index in [1.54, 1.807) is 4.68 Å². The van der Waals surface area contributed by atoms with Gasteiger partial charge in [0, 0.05) is 38.6 Å². The van der Waals surface area contributed by atoms with Gasteiger partial charge < -0.3 is 5.73 Å². The molecule has 0 unspecified atom stereocenters. The zero-order valence-electron chi connectivity index (χ0n) is 10.5. The molecule has 5 heteroatoms. The summed E-state index contributed by atoms with van der Waals surface area (Å²) in [6.45, 7) is 2.82. The number of aromatic nitrogens is 3. The molecule has 18 heavy (non-hydrogen) atoms. The van der Waals surface area contributed by atoms with E-state index >= 15 is 0 Å². The van der Waals surface area contributed by atoms with Crippen LogP contribution in [0.4, 0.5) is 5.69 Å². The fraction of sp³-hybridized carbons (Fsp3) is 0.385. The predicted molar refractivity (Wildman–Crippen MR) is 69.7 cm³/mol. The third-order valence-corrected chi connectivity index (χ3v) is 3.42.